The van der Waals surface area contributed by atoms with Crippen molar-refractivity contribution in [3.05, 3.63) is 24.3 Å². The van der Waals surface area contributed by atoms with Crippen molar-refractivity contribution in [1.82, 2.24) is 9.62 Å². The van der Waals surface area contributed by atoms with Gasteiger partial charge in [-0.3, -0.25) is 4.79 Å². The number of nitrogens with one attached hydrogen (secondary N) is 1. The molecule has 0 heterocycles. The highest BCUT2D eigenvalue weighted by Gasteiger charge is 2.22. The Morgan fingerprint density at radius 3 is 2.67 bits per heavy atom. The van der Waals surface area contributed by atoms with E-state index in [-0.39, 0.29) is 23.1 Å². The van der Waals surface area contributed by atoms with Crippen LogP contribution < -0.4 is 5.32 Å². The average molecular weight is 272 g/mol. The summed E-state index contributed by atoms with van der Waals surface area (Å²) in [7, 11) is -2.45. The van der Waals surface area contributed by atoms with Gasteiger partial charge < -0.3 is 10.4 Å². The van der Waals surface area contributed by atoms with Crippen LogP contribution >= 0.6 is 0 Å². The third-order valence-corrected chi connectivity index (χ3v) is 4.07. The predicted molar refractivity (Wildman–Crippen MR) is 66.6 cm³/mol. The summed E-state index contributed by atoms with van der Waals surface area (Å²) in [6, 6.07) is 5.32. The molecule has 0 aliphatic carbocycles. The molecule has 0 saturated heterocycles. The summed E-state index contributed by atoms with van der Waals surface area (Å²) in [4.78, 5) is 11.3. The van der Waals surface area contributed by atoms with E-state index in [1.165, 1.54) is 25.2 Å². The Morgan fingerprint density at radius 1 is 1.44 bits per heavy atom. The zero-order chi connectivity index (χ0) is 13.8. The number of rotatable bonds is 5. The van der Waals surface area contributed by atoms with E-state index in [4.69, 9.17) is 0 Å². The molecule has 0 atom stereocenters. The minimum Gasteiger partial charge on any atom is -0.508 e. The topological polar surface area (TPSA) is 86.7 Å². The first-order valence-electron chi connectivity index (χ1n) is 5.40. The van der Waals surface area contributed by atoms with Gasteiger partial charge in [0, 0.05) is 13.6 Å². The molecule has 0 fully saturated rings. The van der Waals surface area contributed by atoms with E-state index in [2.05, 4.69) is 5.32 Å². The van der Waals surface area contributed by atoms with Gasteiger partial charge in [-0.15, -0.1) is 0 Å². The monoisotopic (exact) mass is 272 g/mol. The number of phenolic OH excluding ortho intramolecular Hbond substituents is 1. The summed E-state index contributed by atoms with van der Waals surface area (Å²) >= 11 is 0. The lowest BCUT2D eigenvalue weighted by atomic mass is 10.3. The summed E-state index contributed by atoms with van der Waals surface area (Å²) in [5, 5.41) is 11.8. The molecule has 18 heavy (non-hydrogen) atoms. The maximum Gasteiger partial charge on any atom is 0.243 e. The lowest BCUT2D eigenvalue weighted by molar-refractivity contribution is -0.121. The van der Waals surface area contributed by atoms with E-state index >= 15 is 0 Å². The standard InChI is InChI=1S/C11H16N2O4S/c1-3-12-11(15)8-13(2)18(16,17)10-6-4-5-9(14)7-10/h4-7,14H,3,8H2,1-2H3,(H,12,15). The maximum atomic E-state index is 12.1. The molecule has 1 amide bonds. The van der Waals surface area contributed by atoms with E-state index in [1.807, 2.05) is 0 Å². The second-order valence-electron chi connectivity index (χ2n) is 3.71. The Labute approximate surface area is 106 Å². The van der Waals surface area contributed by atoms with Crippen LogP contribution in [-0.4, -0.2) is 43.9 Å². The fraction of sp³-hybridized carbons (Fsp3) is 0.364. The predicted octanol–water partition coefficient (Wildman–Crippen LogP) is 0.149. The molecule has 1 rings (SSSR count). The van der Waals surface area contributed by atoms with Gasteiger partial charge in [-0.05, 0) is 25.1 Å². The fourth-order valence-corrected chi connectivity index (χ4v) is 2.53. The molecule has 0 spiro atoms. The molecule has 0 aliphatic rings. The number of nitrogens with zero attached hydrogens (tertiary/aromatic N) is 1. The first kappa shape index (κ1) is 14.5. The third kappa shape index (κ3) is 3.44. The Kier molecular flexibility index (Phi) is 4.69. The van der Waals surface area contributed by atoms with Gasteiger partial charge in [-0.2, -0.15) is 4.31 Å². The van der Waals surface area contributed by atoms with Crippen molar-refractivity contribution < 1.29 is 18.3 Å². The minimum atomic E-state index is -3.76. The van der Waals surface area contributed by atoms with E-state index in [0.717, 1.165) is 10.4 Å². The van der Waals surface area contributed by atoms with Crippen LogP contribution in [0.2, 0.25) is 0 Å². The van der Waals surface area contributed by atoms with Crippen LogP contribution in [0.15, 0.2) is 29.2 Å². The first-order valence-corrected chi connectivity index (χ1v) is 6.84. The number of sulfonamides is 1. The van der Waals surface area contributed by atoms with Crippen molar-refractivity contribution in [1.29, 1.82) is 0 Å². The van der Waals surface area contributed by atoms with Crippen LogP contribution in [0, 0.1) is 0 Å². The van der Waals surface area contributed by atoms with Crippen LogP contribution in [-0.2, 0) is 14.8 Å². The van der Waals surface area contributed by atoms with Crippen molar-refractivity contribution >= 4 is 15.9 Å². The number of hydrogen-bond donors (Lipinski definition) is 2. The van der Waals surface area contributed by atoms with Gasteiger partial charge in [0.1, 0.15) is 5.75 Å². The van der Waals surface area contributed by atoms with Crippen molar-refractivity contribution in [2.75, 3.05) is 20.1 Å². The molecular weight excluding hydrogens is 256 g/mol. The number of hydrogen-bond acceptors (Lipinski definition) is 4. The molecule has 100 valence electrons. The Balaban J connectivity index is 2.90. The lowest BCUT2D eigenvalue weighted by Crippen LogP contribution is -2.38. The highest BCUT2D eigenvalue weighted by molar-refractivity contribution is 7.89. The molecule has 6 nitrogen and oxygen atoms in total. The fourth-order valence-electron chi connectivity index (χ4n) is 1.36. The average Bonchev–Trinajstić information content (AvgIpc) is 2.29. The van der Waals surface area contributed by atoms with Crippen molar-refractivity contribution in [2.24, 2.45) is 0 Å². The van der Waals surface area contributed by atoms with E-state index in [9.17, 15) is 18.3 Å². The number of benzene rings is 1. The molecule has 2 N–H and O–H groups in total. The van der Waals surface area contributed by atoms with Gasteiger partial charge in [0.05, 0.1) is 11.4 Å². The largest absolute Gasteiger partial charge is 0.508 e. The van der Waals surface area contributed by atoms with Gasteiger partial charge in [0.2, 0.25) is 15.9 Å². The highest BCUT2D eigenvalue weighted by atomic mass is 32.2. The SMILES string of the molecule is CCNC(=O)CN(C)S(=O)(=O)c1cccc(O)c1. The number of carbonyl (C=O) groups excluding carboxylic acids is 1. The maximum absolute atomic E-state index is 12.1. The summed E-state index contributed by atoms with van der Waals surface area (Å²) in [5.41, 5.74) is 0. The Morgan fingerprint density at radius 2 is 2.11 bits per heavy atom. The smallest absolute Gasteiger partial charge is 0.243 e. The molecule has 0 unspecified atom stereocenters. The van der Waals surface area contributed by atoms with Crippen LogP contribution in [0.4, 0.5) is 0 Å². The zero-order valence-corrected chi connectivity index (χ0v) is 11.1. The molecule has 0 aromatic heterocycles. The van der Waals surface area contributed by atoms with Crippen molar-refractivity contribution in [3.8, 4) is 5.75 Å². The van der Waals surface area contributed by atoms with E-state index < -0.39 is 10.0 Å². The van der Waals surface area contributed by atoms with E-state index in [1.54, 1.807) is 6.92 Å². The van der Waals surface area contributed by atoms with Gasteiger partial charge in [0.25, 0.3) is 0 Å². The number of aromatic hydroxyl groups is 1. The highest BCUT2D eigenvalue weighted by Crippen LogP contribution is 2.18. The van der Waals surface area contributed by atoms with Gasteiger partial charge in [-0.25, -0.2) is 8.42 Å². The van der Waals surface area contributed by atoms with Crippen LogP contribution in [0.5, 0.6) is 5.75 Å². The second-order valence-corrected chi connectivity index (χ2v) is 5.76. The van der Waals surface area contributed by atoms with Crippen LogP contribution in [0.3, 0.4) is 0 Å². The lowest BCUT2D eigenvalue weighted by Gasteiger charge is -2.16. The number of likely N-dealkylation sites (N-methyl/N-ethyl adjacent to an activating group) is 2. The van der Waals surface area contributed by atoms with Crippen LogP contribution in [0.25, 0.3) is 0 Å². The normalized spacial score (nSPS) is 11.5. The summed E-state index contributed by atoms with van der Waals surface area (Å²) in [6.45, 7) is 1.94. The quantitative estimate of drug-likeness (QED) is 0.798. The summed E-state index contributed by atoms with van der Waals surface area (Å²) in [5.74, 6) is -0.508. The molecule has 7 heteroatoms. The zero-order valence-electron chi connectivity index (χ0n) is 10.3. The number of carbonyl (C=O) groups is 1. The molecular formula is C11H16N2O4S. The Hall–Kier alpha value is -1.60. The third-order valence-electron chi connectivity index (χ3n) is 2.27. The molecule has 1 aromatic rings. The van der Waals surface area contributed by atoms with Crippen molar-refractivity contribution in [3.63, 3.8) is 0 Å². The molecule has 1 aromatic carbocycles. The Bertz CT molecular complexity index is 528. The minimum absolute atomic E-state index is 0.0469. The molecule has 0 aliphatic heterocycles. The van der Waals surface area contributed by atoms with Crippen LogP contribution in [0.1, 0.15) is 6.92 Å². The van der Waals surface area contributed by atoms with Crippen molar-refractivity contribution in [2.45, 2.75) is 11.8 Å². The summed E-state index contributed by atoms with van der Waals surface area (Å²) < 4.78 is 25.1. The summed E-state index contributed by atoms with van der Waals surface area (Å²) in [6.07, 6.45) is 0. The molecule has 0 saturated carbocycles. The molecule has 0 radical (unpaired) electrons. The second kappa shape index (κ2) is 5.83. The molecule has 0 bridgehead atoms. The number of amides is 1. The van der Waals surface area contributed by atoms with Gasteiger partial charge >= 0.3 is 0 Å². The van der Waals surface area contributed by atoms with Gasteiger partial charge in [-0.1, -0.05) is 6.07 Å². The van der Waals surface area contributed by atoms with E-state index in [0.29, 0.717) is 6.54 Å². The first-order chi connectivity index (χ1) is 8.37. The van der Waals surface area contributed by atoms with Gasteiger partial charge in [0.15, 0.2) is 0 Å². The number of phenols is 1.